The number of rotatable bonds is 11. The summed E-state index contributed by atoms with van der Waals surface area (Å²) >= 11 is 0. The maximum absolute atomic E-state index is 14.2. The molecule has 0 aliphatic heterocycles. The quantitative estimate of drug-likeness (QED) is 0.317. The number of halogens is 3. The fourth-order valence-corrected chi connectivity index (χ4v) is 1.65. The Bertz CT molecular complexity index is 304. The number of hydrogen-bond donors (Lipinski definition) is 0. The highest BCUT2D eigenvalue weighted by atomic mass is 19.3. The molecule has 0 aromatic rings. The summed E-state index contributed by atoms with van der Waals surface area (Å²) in [5, 5.41) is 0. The summed E-state index contributed by atoms with van der Waals surface area (Å²) in [6.07, 6.45) is -1.34. The lowest BCUT2D eigenvalue weighted by atomic mass is 9.93. The summed E-state index contributed by atoms with van der Waals surface area (Å²) in [6, 6.07) is 0. The van der Waals surface area contributed by atoms with Crippen LogP contribution in [0.5, 0.6) is 0 Å². The van der Waals surface area contributed by atoms with Gasteiger partial charge >= 0.3 is 6.11 Å². The van der Waals surface area contributed by atoms with Crippen molar-refractivity contribution >= 4 is 0 Å². The molecule has 0 unspecified atom stereocenters. The van der Waals surface area contributed by atoms with Crippen molar-refractivity contribution in [3.05, 3.63) is 37.6 Å². The summed E-state index contributed by atoms with van der Waals surface area (Å²) in [5.74, 6) is 0.137. The Kier molecular flexibility index (Phi) is 7.52. The average molecular weight is 278 g/mol. The highest BCUT2D eigenvalue weighted by Gasteiger charge is 2.56. The SMILES string of the molecule is C=CCC(CC=C)(OC(=C)C)C(F)(F)OCCCF. The van der Waals surface area contributed by atoms with E-state index in [2.05, 4.69) is 24.5 Å². The molecule has 0 radical (unpaired) electrons. The van der Waals surface area contributed by atoms with Crippen molar-refractivity contribution in [1.29, 1.82) is 0 Å². The van der Waals surface area contributed by atoms with Crippen LogP contribution in [0.4, 0.5) is 13.2 Å². The smallest absolute Gasteiger partial charge is 0.395 e. The van der Waals surface area contributed by atoms with Crippen molar-refractivity contribution in [1.82, 2.24) is 0 Å². The van der Waals surface area contributed by atoms with Crippen LogP contribution in [-0.2, 0) is 9.47 Å². The lowest BCUT2D eigenvalue weighted by molar-refractivity contribution is -0.332. The van der Waals surface area contributed by atoms with Gasteiger partial charge in [0.1, 0.15) is 0 Å². The molecule has 0 rings (SSSR count). The molecule has 0 bridgehead atoms. The maximum atomic E-state index is 14.2. The molecule has 19 heavy (non-hydrogen) atoms. The van der Waals surface area contributed by atoms with Crippen molar-refractivity contribution in [2.45, 2.75) is 37.9 Å². The van der Waals surface area contributed by atoms with Crippen LogP contribution in [0.25, 0.3) is 0 Å². The van der Waals surface area contributed by atoms with Gasteiger partial charge in [-0.3, -0.25) is 4.39 Å². The molecule has 0 aromatic carbocycles. The first-order valence-corrected chi connectivity index (χ1v) is 5.99. The van der Waals surface area contributed by atoms with Gasteiger partial charge in [-0.05, 0) is 13.3 Å². The summed E-state index contributed by atoms with van der Waals surface area (Å²) < 4.78 is 50.1. The highest BCUT2D eigenvalue weighted by molar-refractivity contribution is 5.02. The third-order valence-electron chi connectivity index (χ3n) is 2.41. The van der Waals surface area contributed by atoms with Crippen LogP contribution in [0.1, 0.15) is 26.2 Å². The molecule has 0 spiro atoms. The molecule has 5 heteroatoms. The lowest BCUT2D eigenvalue weighted by Crippen LogP contribution is -2.51. The predicted octanol–water partition coefficient (Wildman–Crippen LogP) is 4.40. The Balaban J connectivity index is 5.18. The summed E-state index contributed by atoms with van der Waals surface area (Å²) in [6.45, 7) is 10.7. The van der Waals surface area contributed by atoms with Crippen molar-refractivity contribution in [3.63, 3.8) is 0 Å². The van der Waals surface area contributed by atoms with E-state index in [1.165, 1.54) is 19.1 Å². The average Bonchev–Trinajstić information content (AvgIpc) is 2.28. The Labute approximate surface area is 112 Å². The molecule has 2 nitrogen and oxygen atoms in total. The van der Waals surface area contributed by atoms with Gasteiger partial charge in [0.05, 0.1) is 19.0 Å². The van der Waals surface area contributed by atoms with Gasteiger partial charge in [0, 0.05) is 12.8 Å². The van der Waals surface area contributed by atoms with Crippen molar-refractivity contribution in [3.8, 4) is 0 Å². The van der Waals surface area contributed by atoms with E-state index in [4.69, 9.17) is 4.74 Å². The van der Waals surface area contributed by atoms with E-state index in [1.54, 1.807) is 0 Å². The molecule has 0 aliphatic carbocycles. The minimum Gasteiger partial charge on any atom is -0.483 e. The minimum atomic E-state index is -3.59. The molecular formula is C14H21F3O2. The van der Waals surface area contributed by atoms with Gasteiger partial charge in [-0.15, -0.1) is 13.2 Å². The van der Waals surface area contributed by atoms with Gasteiger partial charge in [0.25, 0.3) is 0 Å². The molecule has 0 amide bonds. The third kappa shape index (κ3) is 5.11. The Morgan fingerprint density at radius 3 is 2.11 bits per heavy atom. The standard InChI is InChI=1S/C14H21F3O2/c1-5-8-13(9-6-2,19-12(3)4)14(16,17)18-11-7-10-15/h5-6H,1-3,7-11H2,4H3. The topological polar surface area (TPSA) is 18.5 Å². The molecule has 0 aromatic heterocycles. The van der Waals surface area contributed by atoms with Crippen LogP contribution in [0.3, 0.4) is 0 Å². The molecule has 0 saturated carbocycles. The summed E-state index contributed by atoms with van der Waals surface area (Å²) in [5.41, 5.74) is -1.95. The molecule has 0 aliphatic rings. The first-order chi connectivity index (χ1) is 8.85. The van der Waals surface area contributed by atoms with Crippen LogP contribution in [0, 0.1) is 0 Å². The van der Waals surface area contributed by atoms with Gasteiger partial charge in [-0.25, -0.2) is 0 Å². The van der Waals surface area contributed by atoms with Crippen molar-refractivity contribution in [2.24, 2.45) is 0 Å². The molecule has 0 fully saturated rings. The second kappa shape index (κ2) is 8.04. The lowest BCUT2D eigenvalue weighted by Gasteiger charge is -2.38. The zero-order valence-electron chi connectivity index (χ0n) is 11.3. The fraction of sp³-hybridized carbons (Fsp3) is 0.571. The van der Waals surface area contributed by atoms with Crippen LogP contribution in [0.2, 0.25) is 0 Å². The Hall–Kier alpha value is -1.23. The minimum absolute atomic E-state index is 0.0963. The van der Waals surface area contributed by atoms with Crippen LogP contribution in [-0.4, -0.2) is 25.0 Å². The van der Waals surface area contributed by atoms with Gasteiger partial charge in [-0.1, -0.05) is 18.7 Å². The molecule has 0 saturated heterocycles. The summed E-state index contributed by atoms with van der Waals surface area (Å²) in [7, 11) is 0. The molecular weight excluding hydrogens is 257 g/mol. The van der Waals surface area contributed by atoms with Gasteiger partial charge < -0.3 is 9.47 Å². The fourth-order valence-electron chi connectivity index (χ4n) is 1.65. The number of hydrogen-bond acceptors (Lipinski definition) is 2. The van der Waals surface area contributed by atoms with E-state index in [9.17, 15) is 13.2 Å². The van der Waals surface area contributed by atoms with Gasteiger partial charge in [0.15, 0.2) is 0 Å². The Morgan fingerprint density at radius 2 is 1.74 bits per heavy atom. The number of alkyl halides is 3. The second-order valence-corrected chi connectivity index (χ2v) is 4.19. The van der Waals surface area contributed by atoms with Crippen molar-refractivity contribution < 1.29 is 22.6 Å². The van der Waals surface area contributed by atoms with Crippen LogP contribution >= 0.6 is 0 Å². The second-order valence-electron chi connectivity index (χ2n) is 4.19. The maximum Gasteiger partial charge on any atom is 0.395 e. The zero-order valence-corrected chi connectivity index (χ0v) is 11.3. The Morgan fingerprint density at radius 1 is 1.21 bits per heavy atom. The normalized spacial score (nSPS) is 12.0. The van der Waals surface area contributed by atoms with Crippen LogP contribution in [0.15, 0.2) is 37.6 Å². The molecule has 110 valence electrons. The van der Waals surface area contributed by atoms with Crippen molar-refractivity contribution in [2.75, 3.05) is 13.3 Å². The number of ether oxygens (including phenoxy) is 2. The highest BCUT2D eigenvalue weighted by Crippen LogP contribution is 2.41. The molecule has 0 N–H and O–H groups in total. The monoisotopic (exact) mass is 278 g/mol. The first-order valence-electron chi connectivity index (χ1n) is 5.99. The van der Waals surface area contributed by atoms with E-state index in [1.807, 2.05) is 0 Å². The first kappa shape index (κ1) is 17.8. The van der Waals surface area contributed by atoms with Crippen LogP contribution < -0.4 is 0 Å². The largest absolute Gasteiger partial charge is 0.483 e. The molecule has 0 atom stereocenters. The predicted molar refractivity (Wildman–Crippen MR) is 69.7 cm³/mol. The molecule has 0 heterocycles. The van der Waals surface area contributed by atoms with E-state index >= 15 is 0 Å². The van der Waals surface area contributed by atoms with Gasteiger partial charge in [0.2, 0.25) is 5.60 Å². The third-order valence-corrected chi connectivity index (χ3v) is 2.41. The van der Waals surface area contributed by atoms with E-state index in [0.29, 0.717) is 0 Å². The van der Waals surface area contributed by atoms with E-state index < -0.39 is 18.4 Å². The van der Waals surface area contributed by atoms with E-state index in [0.717, 1.165) is 0 Å². The zero-order chi connectivity index (χ0) is 14.9. The number of allylic oxidation sites excluding steroid dienone is 1. The van der Waals surface area contributed by atoms with E-state index in [-0.39, 0.29) is 31.6 Å². The van der Waals surface area contributed by atoms with Gasteiger partial charge in [-0.2, -0.15) is 8.78 Å². The summed E-state index contributed by atoms with van der Waals surface area (Å²) in [4.78, 5) is 0.